The zero-order chi connectivity index (χ0) is 16.4. The molecule has 0 aliphatic heterocycles. The van der Waals surface area contributed by atoms with E-state index in [0.717, 1.165) is 23.1 Å². The predicted molar refractivity (Wildman–Crippen MR) is 103 cm³/mol. The van der Waals surface area contributed by atoms with Crippen molar-refractivity contribution in [1.82, 2.24) is 16.2 Å². The maximum absolute atomic E-state index is 5.36. The fourth-order valence-corrected chi connectivity index (χ4v) is 4.21. The van der Waals surface area contributed by atoms with Crippen molar-refractivity contribution in [1.29, 1.82) is 0 Å². The normalized spacial score (nSPS) is 25.0. The molecular weight excluding hydrogens is 324 g/mol. The maximum Gasteiger partial charge on any atom is 0.189 e. The van der Waals surface area contributed by atoms with E-state index in [1.165, 1.54) is 31.2 Å². The lowest BCUT2D eigenvalue weighted by molar-refractivity contribution is 0.389. The third kappa shape index (κ3) is 4.12. The molecule has 2 aliphatic rings. The summed E-state index contributed by atoms with van der Waals surface area (Å²) in [5, 5.41) is 7.73. The molecule has 3 rings (SSSR count). The monoisotopic (exact) mass is 348 g/mol. The van der Waals surface area contributed by atoms with Crippen LogP contribution in [0.25, 0.3) is 0 Å². The number of aryl methyl sites for hydroxylation is 2. The molecule has 3 atom stereocenters. The van der Waals surface area contributed by atoms with Gasteiger partial charge in [-0.2, -0.15) is 0 Å². The minimum absolute atomic E-state index is 0.508. The Kier molecular flexibility index (Phi) is 5.02. The molecule has 4 N–H and O–H groups in total. The molecule has 2 fully saturated rings. The van der Waals surface area contributed by atoms with E-state index in [9.17, 15) is 0 Å². The van der Waals surface area contributed by atoms with Gasteiger partial charge in [0.25, 0.3) is 0 Å². The molecule has 0 aromatic heterocycles. The molecule has 4 nitrogen and oxygen atoms in total. The second-order valence-electron chi connectivity index (χ2n) is 6.78. The fraction of sp³-hybridized carbons (Fsp3) is 0.529. The predicted octanol–water partition coefficient (Wildman–Crippen LogP) is 3.16. The van der Waals surface area contributed by atoms with Crippen LogP contribution >= 0.6 is 24.4 Å². The zero-order valence-corrected chi connectivity index (χ0v) is 15.2. The number of nitrogens with one attached hydrogen (secondary N) is 4. The summed E-state index contributed by atoms with van der Waals surface area (Å²) in [7, 11) is 0. The van der Waals surface area contributed by atoms with E-state index in [1.54, 1.807) is 0 Å². The number of hydrogen-bond donors (Lipinski definition) is 4. The molecule has 23 heavy (non-hydrogen) atoms. The second-order valence-corrected chi connectivity index (χ2v) is 7.59. The van der Waals surface area contributed by atoms with Crippen LogP contribution in [0.2, 0.25) is 0 Å². The summed E-state index contributed by atoms with van der Waals surface area (Å²) >= 11 is 10.7. The summed E-state index contributed by atoms with van der Waals surface area (Å²) in [4.78, 5) is 0. The first-order valence-electron chi connectivity index (χ1n) is 8.22. The molecule has 0 unspecified atom stereocenters. The number of benzene rings is 1. The van der Waals surface area contributed by atoms with Crippen molar-refractivity contribution in [3.63, 3.8) is 0 Å². The van der Waals surface area contributed by atoms with Gasteiger partial charge in [0.2, 0.25) is 0 Å². The van der Waals surface area contributed by atoms with Gasteiger partial charge < -0.3 is 10.6 Å². The van der Waals surface area contributed by atoms with E-state index in [0.29, 0.717) is 16.3 Å². The van der Waals surface area contributed by atoms with Gasteiger partial charge >= 0.3 is 0 Å². The van der Waals surface area contributed by atoms with Gasteiger partial charge in [-0.1, -0.05) is 24.1 Å². The van der Waals surface area contributed by atoms with Crippen LogP contribution in [0.5, 0.6) is 0 Å². The SMILES string of the molecule is Cc1ccc(NC(=S)NNC(=S)N[C@H]2C[C@H]3CC[C@@H]2C3)c(C)c1. The number of anilines is 1. The van der Waals surface area contributed by atoms with Gasteiger partial charge in [-0.25, -0.2) is 0 Å². The first kappa shape index (κ1) is 16.5. The van der Waals surface area contributed by atoms with Gasteiger partial charge in [0, 0.05) is 11.7 Å². The molecule has 0 heterocycles. The smallest absolute Gasteiger partial charge is 0.189 e. The average Bonchev–Trinajstić information content (AvgIpc) is 3.11. The van der Waals surface area contributed by atoms with Crippen LogP contribution in [0, 0.1) is 25.7 Å². The van der Waals surface area contributed by atoms with Gasteiger partial charge in [-0.3, -0.25) is 10.9 Å². The highest BCUT2D eigenvalue weighted by Crippen LogP contribution is 2.44. The Morgan fingerprint density at radius 2 is 1.83 bits per heavy atom. The van der Waals surface area contributed by atoms with E-state index in [1.807, 2.05) is 6.07 Å². The van der Waals surface area contributed by atoms with Crippen molar-refractivity contribution in [2.45, 2.75) is 45.6 Å². The first-order chi connectivity index (χ1) is 11.0. The van der Waals surface area contributed by atoms with Crippen molar-refractivity contribution >= 4 is 40.3 Å². The van der Waals surface area contributed by atoms with E-state index in [2.05, 4.69) is 47.5 Å². The lowest BCUT2D eigenvalue weighted by Gasteiger charge is -2.25. The molecular formula is C17H24N4S2. The molecule has 0 amide bonds. The van der Waals surface area contributed by atoms with Crippen LogP contribution in [0.3, 0.4) is 0 Å². The zero-order valence-electron chi connectivity index (χ0n) is 13.6. The third-order valence-corrected chi connectivity index (χ3v) is 5.40. The standard InChI is InChI=1S/C17H24N4S2/c1-10-3-6-14(11(2)7-10)18-16(22)20-21-17(23)19-15-9-12-4-5-13(15)8-12/h3,6-7,12-13,15H,4-5,8-9H2,1-2H3,(H2,18,20,22)(H2,19,21,23)/t12-,13+,15-/m0/s1. The number of hydrogen-bond acceptors (Lipinski definition) is 2. The van der Waals surface area contributed by atoms with E-state index >= 15 is 0 Å². The van der Waals surface area contributed by atoms with Crippen LogP contribution < -0.4 is 21.5 Å². The Balaban J connectivity index is 1.42. The number of fused-ring (bicyclic) bond motifs is 2. The number of rotatable bonds is 2. The summed E-state index contributed by atoms with van der Waals surface area (Å²) in [6.45, 7) is 4.14. The Morgan fingerprint density at radius 3 is 2.48 bits per heavy atom. The van der Waals surface area contributed by atoms with Crippen LogP contribution in [0.15, 0.2) is 18.2 Å². The van der Waals surface area contributed by atoms with Gasteiger partial charge in [0.15, 0.2) is 10.2 Å². The lowest BCUT2D eigenvalue weighted by atomic mass is 9.96. The Morgan fingerprint density at radius 1 is 1.04 bits per heavy atom. The third-order valence-electron chi connectivity index (χ3n) is 4.97. The Labute approximate surface area is 148 Å². The van der Waals surface area contributed by atoms with Gasteiger partial charge in [0.1, 0.15) is 0 Å². The molecule has 2 saturated carbocycles. The van der Waals surface area contributed by atoms with Crippen molar-refractivity contribution in [3.8, 4) is 0 Å². The van der Waals surface area contributed by atoms with Crippen molar-refractivity contribution in [2.24, 2.45) is 11.8 Å². The summed E-state index contributed by atoms with van der Waals surface area (Å²) in [6.07, 6.45) is 5.34. The van der Waals surface area contributed by atoms with E-state index in [4.69, 9.17) is 24.4 Å². The summed E-state index contributed by atoms with van der Waals surface area (Å²) < 4.78 is 0. The minimum Gasteiger partial charge on any atom is -0.358 e. The molecule has 0 spiro atoms. The molecule has 0 radical (unpaired) electrons. The molecule has 0 saturated heterocycles. The Bertz CT molecular complexity index is 617. The molecule has 2 aliphatic carbocycles. The van der Waals surface area contributed by atoms with Crippen LogP contribution in [-0.2, 0) is 0 Å². The van der Waals surface area contributed by atoms with Crippen molar-refractivity contribution in [3.05, 3.63) is 29.3 Å². The fourth-order valence-electron chi connectivity index (χ4n) is 3.85. The summed E-state index contributed by atoms with van der Waals surface area (Å²) in [5.74, 6) is 1.69. The highest BCUT2D eigenvalue weighted by Gasteiger charge is 2.39. The molecule has 1 aromatic rings. The molecule has 2 bridgehead atoms. The topological polar surface area (TPSA) is 48.1 Å². The maximum atomic E-state index is 5.36. The summed E-state index contributed by atoms with van der Waals surface area (Å²) in [5.41, 5.74) is 9.35. The average molecular weight is 349 g/mol. The van der Waals surface area contributed by atoms with Gasteiger partial charge in [0.05, 0.1) is 0 Å². The van der Waals surface area contributed by atoms with E-state index < -0.39 is 0 Å². The van der Waals surface area contributed by atoms with Crippen LogP contribution in [0.1, 0.15) is 36.8 Å². The van der Waals surface area contributed by atoms with Crippen LogP contribution in [-0.4, -0.2) is 16.3 Å². The summed E-state index contributed by atoms with van der Waals surface area (Å²) in [6, 6.07) is 6.74. The van der Waals surface area contributed by atoms with E-state index in [-0.39, 0.29) is 0 Å². The number of thiocarbonyl (C=S) groups is 2. The largest absolute Gasteiger partial charge is 0.358 e. The Hall–Kier alpha value is -1.40. The highest BCUT2D eigenvalue weighted by molar-refractivity contribution is 7.80. The number of hydrazine groups is 1. The lowest BCUT2D eigenvalue weighted by Crippen LogP contribution is -2.51. The van der Waals surface area contributed by atoms with Gasteiger partial charge in [-0.15, -0.1) is 0 Å². The highest BCUT2D eigenvalue weighted by atomic mass is 32.1. The minimum atomic E-state index is 0.508. The van der Waals surface area contributed by atoms with Crippen LogP contribution in [0.4, 0.5) is 5.69 Å². The quantitative estimate of drug-likeness (QED) is 0.487. The van der Waals surface area contributed by atoms with Gasteiger partial charge in [-0.05, 0) is 81.0 Å². The molecule has 1 aromatic carbocycles. The molecule has 124 valence electrons. The van der Waals surface area contributed by atoms with Crippen molar-refractivity contribution < 1.29 is 0 Å². The van der Waals surface area contributed by atoms with Crippen molar-refractivity contribution in [2.75, 3.05) is 5.32 Å². The second kappa shape index (κ2) is 7.01. The first-order valence-corrected chi connectivity index (χ1v) is 9.03. The molecule has 6 heteroatoms.